The zero-order valence-electron chi connectivity index (χ0n) is 17.5. The Bertz CT molecular complexity index is 895. The highest BCUT2D eigenvalue weighted by Crippen LogP contribution is 2.16. The monoisotopic (exact) mass is 415 g/mol. The molecule has 1 N–H and O–H groups in total. The Labute approximate surface area is 175 Å². The lowest BCUT2D eigenvalue weighted by Crippen LogP contribution is -2.47. The third kappa shape index (κ3) is 5.89. The van der Waals surface area contributed by atoms with E-state index in [2.05, 4.69) is 5.32 Å². The normalized spacial score (nSPS) is 12.7. The zero-order valence-corrected chi connectivity index (χ0v) is 17.5. The molecule has 0 bridgehead atoms. The molecule has 0 aliphatic rings. The summed E-state index contributed by atoms with van der Waals surface area (Å²) in [5.41, 5.74) is 0.199. The van der Waals surface area contributed by atoms with Crippen LogP contribution in [0.4, 0.5) is 4.39 Å². The highest BCUT2D eigenvalue weighted by molar-refractivity contribution is 6.01. The van der Waals surface area contributed by atoms with Gasteiger partial charge in [0.05, 0.1) is 12.2 Å². The quantitative estimate of drug-likeness (QED) is 0.498. The van der Waals surface area contributed by atoms with Gasteiger partial charge in [0.15, 0.2) is 6.10 Å². The Morgan fingerprint density at radius 3 is 2.20 bits per heavy atom. The maximum absolute atomic E-state index is 13.8. The van der Waals surface area contributed by atoms with Crippen LogP contribution in [0, 0.1) is 11.7 Å². The lowest BCUT2D eigenvalue weighted by molar-refractivity contribution is -0.149. The molecule has 160 valence electrons. The zero-order chi connectivity index (χ0) is 22.3. The van der Waals surface area contributed by atoms with Gasteiger partial charge in [-0.15, -0.1) is 0 Å². The minimum atomic E-state index is -1.05. The van der Waals surface area contributed by atoms with Gasteiger partial charge in [0.25, 0.3) is 5.91 Å². The van der Waals surface area contributed by atoms with Crippen molar-refractivity contribution < 1.29 is 28.2 Å². The summed E-state index contributed by atoms with van der Waals surface area (Å²) in [5, 5.41) is 2.50. The first-order valence-electron chi connectivity index (χ1n) is 9.77. The van der Waals surface area contributed by atoms with E-state index in [0.29, 0.717) is 17.9 Å². The number of esters is 1. The fraction of sp³-hybridized carbons (Fsp3) is 0.348. The van der Waals surface area contributed by atoms with Crippen molar-refractivity contribution in [1.29, 1.82) is 0 Å². The predicted octanol–water partition coefficient (Wildman–Crippen LogP) is 3.79. The highest BCUT2D eigenvalue weighted by atomic mass is 19.1. The number of benzene rings is 2. The van der Waals surface area contributed by atoms with Crippen molar-refractivity contribution in [2.24, 2.45) is 5.92 Å². The molecule has 2 rings (SSSR count). The van der Waals surface area contributed by atoms with Gasteiger partial charge in [0.2, 0.25) is 5.78 Å². The third-order valence-corrected chi connectivity index (χ3v) is 4.44. The van der Waals surface area contributed by atoms with E-state index in [4.69, 9.17) is 9.47 Å². The van der Waals surface area contributed by atoms with Crippen LogP contribution in [0.15, 0.2) is 48.5 Å². The molecule has 1 amide bonds. The van der Waals surface area contributed by atoms with Crippen molar-refractivity contribution in [3.8, 4) is 5.75 Å². The maximum atomic E-state index is 13.8. The molecule has 0 saturated carbocycles. The SMILES string of the molecule is CCOc1ccc(C(=O)[C@H](C)OC(=O)[C@@H](NC(=O)c2ccccc2F)C(C)C)cc1. The first-order chi connectivity index (χ1) is 14.2. The number of nitrogens with one attached hydrogen (secondary N) is 1. The van der Waals surface area contributed by atoms with Crippen LogP contribution in [0.5, 0.6) is 5.75 Å². The average molecular weight is 415 g/mol. The van der Waals surface area contributed by atoms with Crippen molar-refractivity contribution in [1.82, 2.24) is 5.32 Å². The molecule has 2 aromatic rings. The fourth-order valence-electron chi connectivity index (χ4n) is 2.78. The molecule has 6 nitrogen and oxygen atoms in total. The van der Waals surface area contributed by atoms with E-state index in [-0.39, 0.29) is 17.3 Å². The van der Waals surface area contributed by atoms with Gasteiger partial charge in [0.1, 0.15) is 17.6 Å². The summed E-state index contributed by atoms with van der Waals surface area (Å²) >= 11 is 0. The predicted molar refractivity (Wildman–Crippen MR) is 110 cm³/mol. The van der Waals surface area contributed by atoms with Crippen molar-refractivity contribution in [2.75, 3.05) is 6.61 Å². The number of rotatable bonds is 9. The largest absolute Gasteiger partial charge is 0.494 e. The summed E-state index contributed by atoms with van der Waals surface area (Å²) in [6.07, 6.45) is -1.05. The maximum Gasteiger partial charge on any atom is 0.329 e. The average Bonchev–Trinajstić information content (AvgIpc) is 2.72. The lowest BCUT2D eigenvalue weighted by Gasteiger charge is -2.23. The van der Waals surface area contributed by atoms with Crippen LogP contribution < -0.4 is 10.1 Å². The second-order valence-electron chi connectivity index (χ2n) is 7.08. The van der Waals surface area contributed by atoms with Gasteiger partial charge < -0.3 is 14.8 Å². The number of amides is 1. The lowest BCUT2D eigenvalue weighted by atomic mass is 10.0. The molecule has 30 heavy (non-hydrogen) atoms. The van der Waals surface area contributed by atoms with Crippen molar-refractivity contribution >= 4 is 17.7 Å². The number of ketones is 1. The summed E-state index contributed by atoms with van der Waals surface area (Å²) in [7, 11) is 0. The van der Waals surface area contributed by atoms with Crippen LogP contribution in [-0.4, -0.2) is 36.4 Å². The number of ether oxygens (including phenoxy) is 2. The van der Waals surface area contributed by atoms with Gasteiger partial charge in [-0.25, -0.2) is 9.18 Å². The summed E-state index contributed by atoms with van der Waals surface area (Å²) in [5.74, 6) is -2.26. The number of carbonyl (C=O) groups is 3. The number of halogens is 1. The van der Waals surface area contributed by atoms with E-state index in [1.807, 2.05) is 6.92 Å². The summed E-state index contributed by atoms with van der Waals surface area (Å²) in [6, 6.07) is 11.0. The van der Waals surface area contributed by atoms with E-state index < -0.39 is 29.8 Å². The molecule has 0 aromatic heterocycles. The fourth-order valence-corrected chi connectivity index (χ4v) is 2.78. The van der Waals surface area contributed by atoms with Gasteiger partial charge in [-0.05, 0) is 56.2 Å². The molecule has 0 aliphatic carbocycles. The van der Waals surface area contributed by atoms with Crippen molar-refractivity contribution in [3.05, 3.63) is 65.5 Å². The van der Waals surface area contributed by atoms with Crippen molar-refractivity contribution in [2.45, 2.75) is 39.8 Å². The van der Waals surface area contributed by atoms with Crippen LogP contribution >= 0.6 is 0 Å². The van der Waals surface area contributed by atoms with E-state index in [1.54, 1.807) is 38.1 Å². The molecule has 0 saturated heterocycles. The number of Topliss-reactive ketones (excluding diaryl/α,β-unsaturated/α-hetero) is 1. The molecule has 0 spiro atoms. The first-order valence-corrected chi connectivity index (χ1v) is 9.77. The Morgan fingerprint density at radius 1 is 1.00 bits per heavy atom. The second-order valence-corrected chi connectivity index (χ2v) is 7.08. The van der Waals surface area contributed by atoms with Crippen LogP contribution in [0.3, 0.4) is 0 Å². The minimum Gasteiger partial charge on any atom is -0.494 e. The smallest absolute Gasteiger partial charge is 0.329 e. The summed E-state index contributed by atoms with van der Waals surface area (Å²) in [6.45, 7) is 7.26. The van der Waals surface area contributed by atoms with Gasteiger partial charge in [-0.3, -0.25) is 9.59 Å². The molecule has 2 atom stereocenters. The Balaban J connectivity index is 2.05. The van der Waals surface area contributed by atoms with Gasteiger partial charge in [0, 0.05) is 5.56 Å². The molecule has 0 heterocycles. The first kappa shape index (κ1) is 23.1. The Hall–Kier alpha value is -3.22. The van der Waals surface area contributed by atoms with Crippen LogP contribution in [0.1, 0.15) is 48.4 Å². The summed E-state index contributed by atoms with van der Waals surface area (Å²) < 4.78 is 24.5. The number of hydrogen-bond acceptors (Lipinski definition) is 5. The molecular weight excluding hydrogens is 389 g/mol. The van der Waals surface area contributed by atoms with E-state index in [0.717, 1.165) is 6.07 Å². The van der Waals surface area contributed by atoms with Gasteiger partial charge in [-0.2, -0.15) is 0 Å². The third-order valence-electron chi connectivity index (χ3n) is 4.44. The van der Waals surface area contributed by atoms with E-state index in [1.165, 1.54) is 25.1 Å². The van der Waals surface area contributed by atoms with Gasteiger partial charge >= 0.3 is 5.97 Å². The van der Waals surface area contributed by atoms with Crippen LogP contribution in [0.25, 0.3) is 0 Å². The molecule has 2 aromatic carbocycles. The number of carbonyl (C=O) groups excluding carboxylic acids is 3. The highest BCUT2D eigenvalue weighted by Gasteiger charge is 2.30. The number of hydrogen-bond donors (Lipinski definition) is 1. The Morgan fingerprint density at radius 2 is 1.63 bits per heavy atom. The van der Waals surface area contributed by atoms with Gasteiger partial charge in [-0.1, -0.05) is 26.0 Å². The van der Waals surface area contributed by atoms with E-state index >= 15 is 0 Å². The Kier molecular flexibility index (Phi) is 8.09. The standard InChI is InChI=1S/C23H26FNO5/c1-5-29-17-12-10-16(11-13-17)21(26)15(4)30-23(28)20(14(2)3)25-22(27)18-8-6-7-9-19(18)24/h6-15,20H,5H2,1-4H3,(H,25,27)/t15-,20-/m0/s1. The molecule has 7 heteroatoms. The second kappa shape index (κ2) is 10.5. The molecule has 0 fully saturated rings. The molecule has 0 unspecified atom stereocenters. The minimum absolute atomic E-state index is 0.172. The van der Waals surface area contributed by atoms with E-state index in [9.17, 15) is 18.8 Å². The summed E-state index contributed by atoms with van der Waals surface area (Å²) in [4.78, 5) is 37.6. The topological polar surface area (TPSA) is 81.7 Å². The molecular formula is C23H26FNO5. The van der Waals surface area contributed by atoms with Crippen LogP contribution in [-0.2, 0) is 9.53 Å². The molecule has 0 radical (unpaired) electrons. The van der Waals surface area contributed by atoms with Crippen molar-refractivity contribution in [3.63, 3.8) is 0 Å². The molecule has 0 aliphatic heterocycles. The van der Waals surface area contributed by atoms with Crippen LogP contribution in [0.2, 0.25) is 0 Å².